The van der Waals surface area contributed by atoms with Crippen LogP contribution in [-0.4, -0.2) is 35.1 Å². The fourth-order valence-corrected chi connectivity index (χ4v) is 2.77. The maximum Gasteiger partial charge on any atom is 0.126 e. The van der Waals surface area contributed by atoms with Crippen molar-refractivity contribution in [1.29, 1.82) is 0 Å². The zero-order valence-corrected chi connectivity index (χ0v) is 13.7. The van der Waals surface area contributed by atoms with Gasteiger partial charge in [0, 0.05) is 6.54 Å². The van der Waals surface area contributed by atoms with Crippen molar-refractivity contribution < 1.29 is 0 Å². The summed E-state index contributed by atoms with van der Waals surface area (Å²) in [6, 6.07) is 8.34. The van der Waals surface area contributed by atoms with Crippen LogP contribution in [0, 0.1) is 5.92 Å². The number of hydrogen-bond donors (Lipinski definition) is 1. The number of nitrogens with zero attached hydrogens (tertiary/aromatic N) is 3. The van der Waals surface area contributed by atoms with Crippen LogP contribution >= 0.6 is 0 Å². The van der Waals surface area contributed by atoms with Crippen molar-refractivity contribution in [2.24, 2.45) is 11.7 Å². The first-order valence-corrected chi connectivity index (χ1v) is 7.84. The van der Waals surface area contributed by atoms with Crippen LogP contribution in [0.15, 0.2) is 24.3 Å². The average Bonchev–Trinajstić information content (AvgIpc) is 2.77. The van der Waals surface area contributed by atoms with Gasteiger partial charge >= 0.3 is 0 Å². The van der Waals surface area contributed by atoms with Gasteiger partial charge in [-0.05, 0) is 51.5 Å². The Kier molecular flexibility index (Phi) is 5.37. The molecule has 1 unspecified atom stereocenters. The molecule has 0 amide bonds. The quantitative estimate of drug-likeness (QED) is 0.852. The van der Waals surface area contributed by atoms with E-state index in [0.717, 1.165) is 37.3 Å². The smallest absolute Gasteiger partial charge is 0.126 e. The lowest BCUT2D eigenvalue weighted by atomic mass is 10.0. The molecule has 1 atom stereocenters. The Hall–Kier alpha value is -1.39. The minimum Gasteiger partial charge on any atom is -0.327 e. The summed E-state index contributed by atoms with van der Waals surface area (Å²) in [6.45, 7) is 6.46. The number of nitrogens with two attached hydrogens (primary N) is 1. The standard InChI is InChI=1S/C17H28N4/c1-13(2)12-14(18)17-19-15-8-5-6-9-16(15)21(17)11-7-10-20(3)4/h5-6,8-9,13-14H,7,10-12,18H2,1-4H3. The number of hydrogen-bond acceptors (Lipinski definition) is 3. The van der Waals surface area contributed by atoms with Gasteiger partial charge in [-0.2, -0.15) is 0 Å². The zero-order valence-electron chi connectivity index (χ0n) is 13.7. The molecule has 2 N–H and O–H groups in total. The van der Waals surface area contributed by atoms with Crippen molar-refractivity contribution in [1.82, 2.24) is 14.5 Å². The Morgan fingerprint density at radius 1 is 1.24 bits per heavy atom. The normalized spacial score (nSPS) is 13.5. The summed E-state index contributed by atoms with van der Waals surface area (Å²) in [7, 11) is 4.22. The van der Waals surface area contributed by atoms with E-state index >= 15 is 0 Å². The van der Waals surface area contributed by atoms with Gasteiger partial charge in [-0.25, -0.2) is 4.98 Å². The van der Waals surface area contributed by atoms with Crippen molar-refractivity contribution in [2.75, 3.05) is 20.6 Å². The van der Waals surface area contributed by atoms with Crippen molar-refractivity contribution in [3.8, 4) is 0 Å². The van der Waals surface area contributed by atoms with E-state index in [1.54, 1.807) is 0 Å². The maximum atomic E-state index is 6.40. The van der Waals surface area contributed by atoms with Gasteiger partial charge in [0.25, 0.3) is 0 Å². The molecule has 1 aromatic heterocycles. The van der Waals surface area contributed by atoms with Crippen molar-refractivity contribution in [3.63, 3.8) is 0 Å². The molecule has 0 aliphatic heterocycles. The minimum absolute atomic E-state index is 0.0109. The van der Waals surface area contributed by atoms with Crippen LogP contribution in [0.5, 0.6) is 0 Å². The molecule has 0 bridgehead atoms. The SMILES string of the molecule is CC(C)CC(N)c1nc2ccccc2n1CCCN(C)C. The van der Waals surface area contributed by atoms with E-state index in [2.05, 4.69) is 55.6 Å². The molecule has 0 radical (unpaired) electrons. The summed E-state index contributed by atoms with van der Waals surface area (Å²) < 4.78 is 2.31. The summed E-state index contributed by atoms with van der Waals surface area (Å²) in [5.74, 6) is 1.61. The molecule has 21 heavy (non-hydrogen) atoms. The predicted octanol–water partition coefficient (Wildman–Crippen LogP) is 3.03. The Bertz CT molecular complexity index is 571. The fourth-order valence-electron chi connectivity index (χ4n) is 2.77. The molecule has 2 rings (SSSR count). The van der Waals surface area contributed by atoms with Gasteiger partial charge < -0.3 is 15.2 Å². The van der Waals surface area contributed by atoms with E-state index in [1.807, 2.05) is 6.07 Å². The number of rotatable bonds is 7. The summed E-state index contributed by atoms with van der Waals surface area (Å²) in [5.41, 5.74) is 8.65. The third kappa shape index (κ3) is 4.05. The molecule has 2 aromatic rings. The molecular formula is C17H28N4. The number of benzene rings is 1. The van der Waals surface area contributed by atoms with Gasteiger partial charge in [0.2, 0.25) is 0 Å². The molecular weight excluding hydrogens is 260 g/mol. The second-order valence-electron chi connectivity index (χ2n) is 6.50. The lowest BCUT2D eigenvalue weighted by Crippen LogP contribution is -2.20. The zero-order chi connectivity index (χ0) is 15.4. The molecule has 0 saturated carbocycles. The second-order valence-corrected chi connectivity index (χ2v) is 6.50. The number of fused-ring (bicyclic) bond motifs is 1. The number of imidazole rings is 1. The molecule has 116 valence electrons. The Morgan fingerprint density at radius 3 is 2.62 bits per heavy atom. The first-order chi connectivity index (χ1) is 9.99. The summed E-state index contributed by atoms with van der Waals surface area (Å²) in [5, 5.41) is 0. The van der Waals surface area contributed by atoms with Crippen molar-refractivity contribution in [2.45, 2.75) is 39.3 Å². The van der Waals surface area contributed by atoms with Gasteiger partial charge in [-0.3, -0.25) is 0 Å². The number of aromatic nitrogens is 2. The predicted molar refractivity (Wildman–Crippen MR) is 89.3 cm³/mol. The number of para-hydroxylation sites is 2. The monoisotopic (exact) mass is 288 g/mol. The molecule has 1 heterocycles. The van der Waals surface area contributed by atoms with Gasteiger partial charge in [-0.15, -0.1) is 0 Å². The Balaban J connectivity index is 2.29. The second kappa shape index (κ2) is 7.05. The molecule has 1 aromatic carbocycles. The molecule has 0 aliphatic rings. The average molecular weight is 288 g/mol. The fraction of sp³-hybridized carbons (Fsp3) is 0.588. The topological polar surface area (TPSA) is 47.1 Å². The van der Waals surface area contributed by atoms with E-state index in [4.69, 9.17) is 10.7 Å². The largest absolute Gasteiger partial charge is 0.327 e. The van der Waals surface area contributed by atoms with Crippen molar-refractivity contribution >= 4 is 11.0 Å². The van der Waals surface area contributed by atoms with Gasteiger partial charge in [-0.1, -0.05) is 26.0 Å². The van der Waals surface area contributed by atoms with E-state index in [9.17, 15) is 0 Å². The van der Waals surface area contributed by atoms with Gasteiger partial charge in [0.05, 0.1) is 17.1 Å². The van der Waals surface area contributed by atoms with Crippen LogP contribution in [0.4, 0.5) is 0 Å². The highest BCUT2D eigenvalue weighted by Gasteiger charge is 2.17. The molecule has 0 fully saturated rings. The lowest BCUT2D eigenvalue weighted by molar-refractivity contribution is 0.382. The summed E-state index contributed by atoms with van der Waals surface area (Å²) in [6.07, 6.45) is 2.08. The highest BCUT2D eigenvalue weighted by atomic mass is 15.1. The van der Waals surface area contributed by atoms with Gasteiger partial charge in [0.1, 0.15) is 5.82 Å². The number of aryl methyl sites for hydroxylation is 1. The first-order valence-electron chi connectivity index (χ1n) is 7.84. The molecule has 4 heteroatoms. The highest BCUT2D eigenvalue weighted by molar-refractivity contribution is 5.76. The van der Waals surface area contributed by atoms with E-state index < -0.39 is 0 Å². The Labute approximate surface area is 128 Å². The third-order valence-electron chi connectivity index (χ3n) is 3.73. The minimum atomic E-state index is 0.0109. The molecule has 4 nitrogen and oxygen atoms in total. The van der Waals surface area contributed by atoms with E-state index in [1.165, 1.54) is 5.52 Å². The first kappa shape index (κ1) is 16.0. The molecule has 0 saturated heterocycles. The highest BCUT2D eigenvalue weighted by Crippen LogP contribution is 2.24. The van der Waals surface area contributed by atoms with Crippen LogP contribution < -0.4 is 5.73 Å². The summed E-state index contributed by atoms with van der Waals surface area (Å²) in [4.78, 5) is 7.00. The van der Waals surface area contributed by atoms with Crippen LogP contribution in [0.2, 0.25) is 0 Å². The Morgan fingerprint density at radius 2 is 1.95 bits per heavy atom. The van der Waals surface area contributed by atoms with E-state index in [0.29, 0.717) is 5.92 Å². The van der Waals surface area contributed by atoms with Crippen LogP contribution in [-0.2, 0) is 6.54 Å². The maximum absolute atomic E-state index is 6.40. The molecule has 0 aliphatic carbocycles. The van der Waals surface area contributed by atoms with Crippen LogP contribution in [0.25, 0.3) is 11.0 Å². The van der Waals surface area contributed by atoms with Crippen LogP contribution in [0.3, 0.4) is 0 Å². The lowest BCUT2D eigenvalue weighted by Gasteiger charge is -2.17. The van der Waals surface area contributed by atoms with Gasteiger partial charge in [0.15, 0.2) is 0 Å². The molecule has 0 spiro atoms. The third-order valence-corrected chi connectivity index (χ3v) is 3.73. The van der Waals surface area contributed by atoms with Crippen molar-refractivity contribution in [3.05, 3.63) is 30.1 Å². The summed E-state index contributed by atoms with van der Waals surface area (Å²) >= 11 is 0. The van der Waals surface area contributed by atoms with E-state index in [-0.39, 0.29) is 6.04 Å². The van der Waals surface area contributed by atoms with Crippen LogP contribution in [0.1, 0.15) is 38.6 Å².